The van der Waals surface area contributed by atoms with E-state index in [0.29, 0.717) is 23.9 Å². The Balaban J connectivity index is 2.27. The van der Waals surface area contributed by atoms with E-state index in [1.807, 2.05) is 33.0 Å². The summed E-state index contributed by atoms with van der Waals surface area (Å²) in [6, 6.07) is 5.62. The maximum atomic E-state index is 12.8. The van der Waals surface area contributed by atoms with Gasteiger partial charge in [0.05, 0.1) is 4.90 Å². The van der Waals surface area contributed by atoms with Gasteiger partial charge in [-0.3, -0.25) is 0 Å². The Kier molecular flexibility index (Phi) is 4.83. The van der Waals surface area contributed by atoms with E-state index in [1.165, 1.54) is 0 Å². The van der Waals surface area contributed by atoms with Crippen molar-refractivity contribution in [2.45, 2.75) is 31.6 Å². The van der Waals surface area contributed by atoms with Gasteiger partial charge in [0.25, 0.3) is 0 Å². The van der Waals surface area contributed by atoms with Crippen molar-refractivity contribution in [3.8, 4) is 0 Å². The number of nitrogens with one attached hydrogen (secondary N) is 1. The van der Waals surface area contributed by atoms with Crippen LogP contribution in [-0.2, 0) is 10.0 Å². The van der Waals surface area contributed by atoms with Gasteiger partial charge in [-0.1, -0.05) is 12.1 Å². The lowest BCUT2D eigenvalue weighted by Crippen LogP contribution is -2.42. The maximum Gasteiger partial charge on any atom is 0.243 e. The number of hydrogen-bond donors (Lipinski definition) is 1. The molecule has 0 aliphatic carbocycles. The molecule has 1 unspecified atom stereocenters. The average molecular weight is 296 g/mol. The Hall–Kier alpha value is -0.910. The maximum absolute atomic E-state index is 12.8. The molecule has 20 heavy (non-hydrogen) atoms. The molecule has 0 amide bonds. The smallest absolute Gasteiger partial charge is 0.243 e. The third-order valence-corrected chi connectivity index (χ3v) is 5.94. The van der Waals surface area contributed by atoms with E-state index >= 15 is 0 Å². The average Bonchev–Trinajstić information content (AvgIpc) is 2.42. The van der Waals surface area contributed by atoms with Gasteiger partial charge in [0.1, 0.15) is 0 Å². The van der Waals surface area contributed by atoms with Crippen LogP contribution in [-0.4, -0.2) is 39.4 Å². The monoisotopic (exact) mass is 296 g/mol. The van der Waals surface area contributed by atoms with Gasteiger partial charge >= 0.3 is 0 Å². The van der Waals surface area contributed by atoms with Gasteiger partial charge in [-0.05, 0) is 63.4 Å². The molecular weight excluding hydrogens is 272 g/mol. The first-order chi connectivity index (χ1) is 9.45. The van der Waals surface area contributed by atoms with Crippen LogP contribution in [0.15, 0.2) is 23.1 Å². The van der Waals surface area contributed by atoms with Crippen LogP contribution in [0.2, 0.25) is 0 Å². The minimum absolute atomic E-state index is 0.411. The number of piperidine rings is 1. The minimum atomic E-state index is -3.36. The second kappa shape index (κ2) is 6.24. The summed E-state index contributed by atoms with van der Waals surface area (Å²) < 4.78 is 27.3. The zero-order valence-electron chi connectivity index (χ0n) is 12.5. The van der Waals surface area contributed by atoms with Crippen LogP contribution in [0.25, 0.3) is 0 Å². The van der Waals surface area contributed by atoms with Gasteiger partial charge in [0.15, 0.2) is 0 Å². The number of benzene rings is 1. The highest BCUT2D eigenvalue weighted by Gasteiger charge is 2.30. The van der Waals surface area contributed by atoms with Crippen LogP contribution in [0.4, 0.5) is 0 Å². The normalized spacial score (nSPS) is 21.1. The molecule has 0 spiro atoms. The Bertz CT molecular complexity index is 567. The second-order valence-corrected chi connectivity index (χ2v) is 7.60. The van der Waals surface area contributed by atoms with Crippen LogP contribution >= 0.6 is 0 Å². The molecule has 5 heteroatoms. The van der Waals surface area contributed by atoms with Crippen LogP contribution in [0.5, 0.6) is 0 Å². The van der Waals surface area contributed by atoms with Crippen molar-refractivity contribution in [3.05, 3.63) is 29.3 Å². The van der Waals surface area contributed by atoms with E-state index in [9.17, 15) is 8.42 Å². The zero-order chi connectivity index (χ0) is 14.8. The van der Waals surface area contributed by atoms with Crippen LogP contribution in [0.1, 0.15) is 24.0 Å². The zero-order valence-corrected chi connectivity index (χ0v) is 13.3. The second-order valence-electron chi connectivity index (χ2n) is 5.70. The third kappa shape index (κ3) is 3.22. The molecule has 1 atom stereocenters. The molecule has 2 rings (SSSR count). The Labute approximate surface area is 122 Å². The summed E-state index contributed by atoms with van der Waals surface area (Å²) in [7, 11) is -1.45. The summed E-state index contributed by atoms with van der Waals surface area (Å²) in [5.74, 6) is 0.411. The fourth-order valence-corrected chi connectivity index (χ4v) is 4.69. The molecule has 0 radical (unpaired) electrons. The lowest BCUT2D eigenvalue weighted by Gasteiger charge is -2.32. The molecule has 1 aromatic carbocycles. The van der Waals surface area contributed by atoms with Crippen LogP contribution in [0.3, 0.4) is 0 Å². The fraction of sp³-hybridized carbons (Fsp3) is 0.600. The lowest BCUT2D eigenvalue weighted by atomic mass is 10.00. The molecule has 1 heterocycles. The highest BCUT2D eigenvalue weighted by Crippen LogP contribution is 2.26. The molecule has 1 fully saturated rings. The van der Waals surface area contributed by atoms with Crippen molar-refractivity contribution >= 4 is 10.0 Å². The predicted molar refractivity (Wildman–Crippen MR) is 81.3 cm³/mol. The van der Waals surface area contributed by atoms with E-state index in [1.54, 1.807) is 10.4 Å². The molecule has 1 aromatic rings. The molecule has 4 nitrogen and oxygen atoms in total. The predicted octanol–water partition coefficient (Wildman–Crippen LogP) is 1.92. The molecule has 0 aromatic heterocycles. The molecular formula is C15H24N2O2S. The molecule has 112 valence electrons. The van der Waals surface area contributed by atoms with E-state index < -0.39 is 10.0 Å². The Morgan fingerprint density at radius 2 is 2.10 bits per heavy atom. The standard InChI is InChI=1S/C15H24N2O2S/c1-12-6-7-13(2)15(9-12)20(18,19)17-8-4-5-14(11-17)10-16-3/h6-7,9,14,16H,4-5,8,10-11H2,1-3H3. The van der Waals surface area contributed by atoms with Crippen LogP contribution in [0, 0.1) is 19.8 Å². The van der Waals surface area contributed by atoms with Gasteiger partial charge in [0, 0.05) is 13.1 Å². The summed E-state index contributed by atoms with van der Waals surface area (Å²) in [5, 5.41) is 3.15. The Morgan fingerprint density at radius 3 is 2.80 bits per heavy atom. The van der Waals surface area contributed by atoms with E-state index in [0.717, 1.165) is 30.5 Å². The number of rotatable bonds is 4. The summed E-state index contributed by atoms with van der Waals surface area (Å²) in [6.45, 7) is 5.92. The first-order valence-electron chi connectivity index (χ1n) is 7.17. The highest BCUT2D eigenvalue weighted by molar-refractivity contribution is 7.89. The third-order valence-electron chi connectivity index (χ3n) is 3.94. The molecule has 1 saturated heterocycles. The van der Waals surface area contributed by atoms with E-state index in [4.69, 9.17) is 0 Å². The SMILES string of the molecule is CNCC1CCCN(S(=O)(=O)c2cc(C)ccc2C)C1. The minimum Gasteiger partial charge on any atom is -0.319 e. The topological polar surface area (TPSA) is 49.4 Å². The Morgan fingerprint density at radius 1 is 1.35 bits per heavy atom. The molecule has 1 aliphatic heterocycles. The summed E-state index contributed by atoms with van der Waals surface area (Å²) in [6.07, 6.45) is 2.04. The number of hydrogen-bond acceptors (Lipinski definition) is 3. The first kappa shape index (κ1) is 15.5. The van der Waals surface area contributed by atoms with Gasteiger partial charge < -0.3 is 5.32 Å². The number of aryl methyl sites for hydroxylation is 2. The summed E-state index contributed by atoms with van der Waals surface area (Å²) in [4.78, 5) is 0.461. The van der Waals surface area contributed by atoms with E-state index in [2.05, 4.69) is 5.32 Å². The van der Waals surface area contributed by atoms with Gasteiger partial charge in [0.2, 0.25) is 10.0 Å². The van der Waals surface area contributed by atoms with Gasteiger partial charge in [-0.2, -0.15) is 4.31 Å². The first-order valence-corrected chi connectivity index (χ1v) is 8.61. The summed E-state index contributed by atoms with van der Waals surface area (Å²) >= 11 is 0. The van der Waals surface area contributed by atoms with Gasteiger partial charge in [-0.25, -0.2) is 8.42 Å². The van der Waals surface area contributed by atoms with E-state index in [-0.39, 0.29) is 0 Å². The fourth-order valence-electron chi connectivity index (χ4n) is 2.82. The molecule has 0 saturated carbocycles. The largest absolute Gasteiger partial charge is 0.319 e. The van der Waals surface area contributed by atoms with Crippen molar-refractivity contribution < 1.29 is 8.42 Å². The van der Waals surface area contributed by atoms with Crippen molar-refractivity contribution in [1.82, 2.24) is 9.62 Å². The lowest BCUT2D eigenvalue weighted by molar-refractivity contribution is 0.263. The molecule has 0 bridgehead atoms. The van der Waals surface area contributed by atoms with Crippen molar-refractivity contribution in [1.29, 1.82) is 0 Å². The highest BCUT2D eigenvalue weighted by atomic mass is 32.2. The molecule has 1 N–H and O–H groups in total. The van der Waals surface area contributed by atoms with Crippen LogP contribution < -0.4 is 5.32 Å². The molecule has 1 aliphatic rings. The number of sulfonamides is 1. The quantitative estimate of drug-likeness (QED) is 0.923. The van der Waals surface area contributed by atoms with Crippen molar-refractivity contribution in [2.75, 3.05) is 26.7 Å². The summed E-state index contributed by atoms with van der Waals surface area (Å²) in [5.41, 5.74) is 1.81. The van der Waals surface area contributed by atoms with Crippen molar-refractivity contribution in [3.63, 3.8) is 0 Å². The number of nitrogens with zero attached hydrogens (tertiary/aromatic N) is 1. The van der Waals surface area contributed by atoms with Crippen molar-refractivity contribution in [2.24, 2.45) is 5.92 Å². The van der Waals surface area contributed by atoms with Gasteiger partial charge in [-0.15, -0.1) is 0 Å².